The van der Waals surface area contributed by atoms with Crippen molar-refractivity contribution in [2.45, 2.75) is 95.7 Å². The Morgan fingerprint density at radius 3 is 2.33 bits per heavy atom. The van der Waals surface area contributed by atoms with E-state index < -0.39 is 66.4 Å². The van der Waals surface area contributed by atoms with Gasteiger partial charge in [-0.1, -0.05) is 27.7 Å². The third-order valence-corrected chi connectivity index (χ3v) is 7.55. The van der Waals surface area contributed by atoms with E-state index in [0.29, 0.717) is 17.8 Å². The molecule has 1 aliphatic heterocycles. The summed E-state index contributed by atoms with van der Waals surface area (Å²) in [6, 6.07) is -2.28. The summed E-state index contributed by atoms with van der Waals surface area (Å²) in [5.74, 6) is -1.83. The van der Waals surface area contributed by atoms with Gasteiger partial charge in [0.2, 0.25) is 0 Å². The van der Waals surface area contributed by atoms with Crippen LogP contribution in [0.1, 0.15) is 53.2 Å². The lowest BCUT2D eigenvalue weighted by molar-refractivity contribution is -0.759. The van der Waals surface area contributed by atoms with Crippen LogP contribution in [0.15, 0.2) is 12.7 Å². The van der Waals surface area contributed by atoms with Crippen molar-refractivity contribution in [1.29, 1.82) is 0 Å². The first-order valence-corrected chi connectivity index (χ1v) is 13.9. The molecule has 2 aromatic rings. The van der Waals surface area contributed by atoms with Gasteiger partial charge in [-0.2, -0.15) is 0 Å². The Kier molecular flexibility index (Phi) is 9.75. The minimum atomic E-state index is -1.36. The fourth-order valence-electron chi connectivity index (χ4n) is 4.87. The number of esters is 2. The monoisotopic (exact) mass is 594 g/mol. The zero-order valence-corrected chi connectivity index (χ0v) is 23.9. The molecule has 2 aliphatic rings. The first kappa shape index (κ1) is 31.3. The second kappa shape index (κ2) is 13.1. The van der Waals surface area contributed by atoms with Crippen LogP contribution < -0.4 is 16.8 Å². The average Bonchev–Trinajstić information content (AvgIpc) is 3.64. The van der Waals surface area contributed by atoms with Crippen LogP contribution in [0, 0.1) is 22.0 Å². The van der Waals surface area contributed by atoms with Crippen LogP contribution in [-0.4, -0.2) is 90.8 Å². The highest BCUT2D eigenvalue weighted by molar-refractivity contribution is 5.83. The second-order valence-corrected chi connectivity index (χ2v) is 11.2. The summed E-state index contributed by atoms with van der Waals surface area (Å²) in [5.41, 5.74) is 12.6. The molecule has 0 radical (unpaired) electrons. The molecule has 3 heterocycles. The number of carbonyl (C=O) groups excluding carboxylic acids is 2. The SMILES string of the molecule is CC(C)[C@H](N)C(=O)O[C@@H]1[C@H](OC(=O)[C@@H](N)C(C)C)[C@@H](CO[N+](=O)[O-])O[C@H]1n1cnc2c(N[C@H]3CCC[C@H]3O)ncnc21. The largest absolute Gasteiger partial charge is 0.454 e. The molecule has 8 atom stereocenters. The van der Waals surface area contributed by atoms with Crippen LogP contribution in [-0.2, 0) is 28.6 Å². The summed E-state index contributed by atoms with van der Waals surface area (Å²) < 4.78 is 19.0. The predicted molar refractivity (Wildman–Crippen MR) is 145 cm³/mol. The Morgan fingerprint density at radius 1 is 1.12 bits per heavy atom. The van der Waals surface area contributed by atoms with E-state index in [4.69, 9.17) is 25.7 Å². The number of aromatic nitrogens is 4. The molecule has 0 amide bonds. The molecule has 0 unspecified atom stereocenters. The van der Waals surface area contributed by atoms with Crippen LogP contribution in [0.2, 0.25) is 0 Å². The summed E-state index contributed by atoms with van der Waals surface area (Å²) in [6.45, 7) is 6.27. The molecule has 2 fully saturated rings. The third kappa shape index (κ3) is 6.69. The van der Waals surface area contributed by atoms with Crippen molar-refractivity contribution in [2.24, 2.45) is 23.3 Å². The maximum atomic E-state index is 13.1. The first-order chi connectivity index (χ1) is 19.9. The van der Waals surface area contributed by atoms with Gasteiger partial charge in [0, 0.05) is 0 Å². The Labute approximate surface area is 241 Å². The van der Waals surface area contributed by atoms with E-state index >= 15 is 0 Å². The number of anilines is 1. The molecular weight excluding hydrogens is 556 g/mol. The Balaban J connectivity index is 1.73. The number of hydrogen-bond donors (Lipinski definition) is 4. The summed E-state index contributed by atoms with van der Waals surface area (Å²) in [4.78, 5) is 54.6. The van der Waals surface area contributed by atoms with Crippen molar-refractivity contribution < 1.29 is 38.8 Å². The molecule has 42 heavy (non-hydrogen) atoms. The number of aliphatic hydroxyl groups excluding tert-OH is 1. The standard InChI is InChI=1S/C25H38N8O9/c1-11(2)16(26)24(35)41-19-15(8-39-33(37)38)40-23(20(19)42-25(36)17(27)12(3)4)32-10-30-18-21(28-9-29-22(18)32)31-13-6-5-7-14(13)34/h9-17,19-20,23,34H,5-8,26-27H2,1-4H3,(H,28,29,31)/t13-,14+,15+,16-,17-,19+,20+,23+/m0/s1. The molecule has 4 rings (SSSR count). The lowest BCUT2D eigenvalue weighted by Gasteiger charge is -2.27. The van der Waals surface area contributed by atoms with E-state index in [2.05, 4.69) is 25.1 Å². The molecule has 232 valence electrons. The third-order valence-electron chi connectivity index (χ3n) is 7.55. The Hall–Kier alpha value is -3.67. The highest BCUT2D eigenvalue weighted by atomic mass is 17.0. The van der Waals surface area contributed by atoms with Gasteiger partial charge < -0.3 is 40.9 Å². The van der Waals surface area contributed by atoms with Crippen LogP contribution in [0.3, 0.4) is 0 Å². The fraction of sp³-hybridized carbons (Fsp3) is 0.720. The molecule has 6 N–H and O–H groups in total. The molecule has 1 aliphatic carbocycles. The van der Waals surface area contributed by atoms with E-state index in [1.54, 1.807) is 27.7 Å². The van der Waals surface area contributed by atoms with Crippen LogP contribution in [0.5, 0.6) is 0 Å². The number of imidazole rings is 1. The number of ether oxygens (including phenoxy) is 3. The zero-order chi connectivity index (χ0) is 30.7. The number of aliphatic hydroxyl groups is 1. The van der Waals surface area contributed by atoms with Gasteiger partial charge >= 0.3 is 11.9 Å². The van der Waals surface area contributed by atoms with E-state index in [0.717, 1.165) is 12.8 Å². The summed E-state index contributed by atoms with van der Waals surface area (Å²) >= 11 is 0. The number of hydrogen-bond acceptors (Lipinski definition) is 15. The quantitative estimate of drug-likeness (QED) is 0.144. The zero-order valence-electron chi connectivity index (χ0n) is 23.9. The van der Waals surface area contributed by atoms with E-state index in [1.807, 2.05) is 0 Å². The molecule has 1 saturated carbocycles. The lowest BCUT2D eigenvalue weighted by atomic mass is 10.0. The topological polar surface area (TPSA) is 242 Å². The van der Waals surface area contributed by atoms with Crippen molar-refractivity contribution in [1.82, 2.24) is 19.5 Å². The van der Waals surface area contributed by atoms with Gasteiger partial charge in [0.15, 0.2) is 35.4 Å². The van der Waals surface area contributed by atoms with E-state index in [-0.39, 0.29) is 23.5 Å². The highest BCUT2D eigenvalue weighted by Gasteiger charge is 2.52. The average molecular weight is 595 g/mol. The van der Waals surface area contributed by atoms with Crippen LogP contribution in [0.25, 0.3) is 11.2 Å². The van der Waals surface area contributed by atoms with E-state index in [9.17, 15) is 24.8 Å². The van der Waals surface area contributed by atoms with Crippen molar-refractivity contribution >= 4 is 28.9 Å². The maximum absolute atomic E-state index is 13.1. The van der Waals surface area contributed by atoms with Crippen LogP contribution in [0.4, 0.5) is 5.82 Å². The molecule has 2 aromatic heterocycles. The van der Waals surface area contributed by atoms with Crippen molar-refractivity contribution in [3.8, 4) is 0 Å². The summed E-state index contributed by atoms with van der Waals surface area (Å²) in [7, 11) is 0. The summed E-state index contributed by atoms with van der Waals surface area (Å²) in [6.07, 6.45) is -0.773. The Morgan fingerprint density at radius 2 is 1.76 bits per heavy atom. The molecule has 0 aromatic carbocycles. The number of carbonyl (C=O) groups is 2. The van der Waals surface area contributed by atoms with Crippen molar-refractivity contribution in [2.75, 3.05) is 11.9 Å². The number of fused-ring (bicyclic) bond motifs is 1. The number of nitrogens with one attached hydrogen (secondary N) is 1. The molecule has 0 spiro atoms. The minimum Gasteiger partial charge on any atom is -0.454 e. The van der Waals surface area contributed by atoms with Gasteiger partial charge in [0.25, 0.3) is 5.09 Å². The molecular formula is C25H38N8O9. The molecule has 1 saturated heterocycles. The van der Waals surface area contributed by atoms with E-state index in [1.165, 1.54) is 17.2 Å². The van der Waals surface area contributed by atoms with Crippen molar-refractivity contribution in [3.05, 3.63) is 22.8 Å². The van der Waals surface area contributed by atoms with Gasteiger partial charge in [-0.25, -0.2) is 15.0 Å². The van der Waals surface area contributed by atoms with Gasteiger partial charge in [-0.05, 0) is 31.1 Å². The van der Waals surface area contributed by atoms with Crippen molar-refractivity contribution in [3.63, 3.8) is 0 Å². The predicted octanol–water partition coefficient (Wildman–Crippen LogP) is 0.0475. The Bertz CT molecular complexity index is 1270. The molecule has 17 heteroatoms. The number of nitrogens with two attached hydrogens (primary N) is 2. The first-order valence-electron chi connectivity index (χ1n) is 13.9. The second-order valence-electron chi connectivity index (χ2n) is 11.2. The van der Waals surface area contributed by atoms with Gasteiger partial charge in [-0.3, -0.25) is 14.2 Å². The smallest absolute Gasteiger partial charge is 0.323 e. The fourth-order valence-corrected chi connectivity index (χ4v) is 4.87. The lowest BCUT2D eigenvalue weighted by Crippen LogP contribution is -2.48. The maximum Gasteiger partial charge on any atom is 0.323 e. The molecule has 17 nitrogen and oxygen atoms in total. The minimum absolute atomic E-state index is 0.222. The van der Waals surface area contributed by atoms with Crippen LogP contribution >= 0.6 is 0 Å². The number of nitrogens with zero attached hydrogens (tertiary/aromatic N) is 5. The van der Waals surface area contributed by atoms with Gasteiger partial charge in [0.1, 0.15) is 31.1 Å². The van der Waals surface area contributed by atoms with Gasteiger partial charge in [0.05, 0.1) is 18.5 Å². The molecule has 0 bridgehead atoms. The number of rotatable bonds is 12. The van der Waals surface area contributed by atoms with Gasteiger partial charge in [-0.15, -0.1) is 10.1 Å². The highest BCUT2D eigenvalue weighted by Crippen LogP contribution is 2.37. The normalized spacial score (nSPS) is 27.3. The summed E-state index contributed by atoms with van der Waals surface area (Å²) in [5, 5.41) is 23.5.